The van der Waals surface area contributed by atoms with Gasteiger partial charge in [0, 0.05) is 5.02 Å². The molecule has 0 aliphatic carbocycles. The second-order valence-electron chi connectivity index (χ2n) is 3.12. The Morgan fingerprint density at radius 3 is 1.80 bits per heavy atom. The third-order valence-electron chi connectivity index (χ3n) is 1.97. The van der Waals surface area contributed by atoms with Crippen LogP contribution in [0.2, 0.25) is 5.02 Å². The van der Waals surface area contributed by atoms with Gasteiger partial charge >= 0.3 is 0 Å². The van der Waals surface area contributed by atoms with Gasteiger partial charge in [0.05, 0.1) is 11.4 Å². The zero-order valence-corrected chi connectivity index (χ0v) is 8.83. The van der Waals surface area contributed by atoms with Gasteiger partial charge in [-0.3, -0.25) is 0 Å². The molecular formula is C12H11ClN2. The number of para-hydroxylation sites is 1. The molecule has 2 aromatic rings. The lowest BCUT2D eigenvalue weighted by Crippen LogP contribution is -2.07. The van der Waals surface area contributed by atoms with Crippen molar-refractivity contribution in [2.75, 3.05) is 10.9 Å². The zero-order chi connectivity index (χ0) is 10.5. The van der Waals surface area contributed by atoms with Crippen LogP contribution in [0.3, 0.4) is 0 Å². The average Bonchev–Trinajstić information content (AvgIpc) is 2.30. The fraction of sp³-hybridized carbons (Fsp3) is 0. The molecule has 0 aliphatic rings. The number of hydrazine groups is 1. The average molecular weight is 219 g/mol. The first-order valence-corrected chi connectivity index (χ1v) is 5.05. The van der Waals surface area contributed by atoms with Gasteiger partial charge in [-0.15, -0.1) is 0 Å². The lowest BCUT2D eigenvalue weighted by molar-refractivity contribution is 1.41. The maximum absolute atomic E-state index is 5.78. The molecule has 0 bridgehead atoms. The van der Waals surface area contributed by atoms with Gasteiger partial charge in [0.2, 0.25) is 0 Å². The molecule has 0 aliphatic heterocycles. The van der Waals surface area contributed by atoms with E-state index in [4.69, 9.17) is 11.6 Å². The molecule has 0 unspecified atom stereocenters. The molecule has 2 nitrogen and oxygen atoms in total. The van der Waals surface area contributed by atoms with Gasteiger partial charge in [-0.1, -0.05) is 29.8 Å². The zero-order valence-electron chi connectivity index (χ0n) is 8.07. The summed E-state index contributed by atoms with van der Waals surface area (Å²) in [6, 6.07) is 17.4. The molecule has 15 heavy (non-hydrogen) atoms. The molecule has 76 valence electrons. The molecule has 0 saturated heterocycles. The molecule has 0 spiro atoms. The van der Waals surface area contributed by atoms with Crippen LogP contribution in [0.25, 0.3) is 0 Å². The van der Waals surface area contributed by atoms with E-state index in [2.05, 4.69) is 10.9 Å². The fourth-order valence-electron chi connectivity index (χ4n) is 1.20. The molecule has 0 fully saturated rings. The van der Waals surface area contributed by atoms with E-state index in [1.807, 2.05) is 54.6 Å². The summed E-state index contributed by atoms with van der Waals surface area (Å²) < 4.78 is 0. The van der Waals surface area contributed by atoms with E-state index in [1.54, 1.807) is 0 Å². The number of anilines is 2. The Hall–Kier alpha value is -1.67. The largest absolute Gasteiger partial charge is 0.301 e. The third-order valence-corrected chi connectivity index (χ3v) is 2.22. The van der Waals surface area contributed by atoms with Gasteiger partial charge in [-0.25, -0.2) is 0 Å². The number of hydrogen-bond donors (Lipinski definition) is 2. The standard InChI is InChI=1S/C12H11ClN2/c13-10-6-8-12(9-7-10)15-14-11-4-2-1-3-5-11/h1-9,14-15H. The predicted octanol–water partition coefficient (Wildman–Crippen LogP) is 3.78. The van der Waals surface area contributed by atoms with E-state index < -0.39 is 0 Å². The summed E-state index contributed by atoms with van der Waals surface area (Å²) in [5.74, 6) is 0. The number of benzene rings is 2. The van der Waals surface area contributed by atoms with E-state index in [0.717, 1.165) is 16.4 Å². The Bertz CT molecular complexity index is 411. The van der Waals surface area contributed by atoms with E-state index in [9.17, 15) is 0 Å². The highest BCUT2D eigenvalue weighted by molar-refractivity contribution is 6.30. The number of halogens is 1. The van der Waals surface area contributed by atoms with Crippen LogP contribution < -0.4 is 10.9 Å². The van der Waals surface area contributed by atoms with Crippen molar-refractivity contribution >= 4 is 23.0 Å². The van der Waals surface area contributed by atoms with Gasteiger partial charge in [-0.05, 0) is 36.4 Å². The molecular weight excluding hydrogens is 208 g/mol. The summed E-state index contributed by atoms with van der Waals surface area (Å²) in [7, 11) is 0. The molecule has 0 saturated carbocycles. The number of rotatable bonds is 3. The predicted molar refractivity (Wildman–Crippen MR) is 65.1 cm³/mol. The molecule has 0 atom stereocenters. The summed E-state index contributed by atoms with van der Waals surface area (Å²) in [5, 5.41) is 0.736. The summed E-state index contributed by atoms with van der Waals surface area (Å²) in [6.07, 6.45) is 0. The van der Waals surface area contributed by atoms with E-state index >= 15 is 0 Å². The number of hydrogen-bond acceptors (Lipinski definition) is 2. The van der Waals surface area contributed by atoms with Crippen LogP contribution >= 0.6 is 11.6 Å². The van der Waals surface area contributed by atoms with Gasteiger partial charge in [0.1, 0.15) is 0 Å². The second-order valence-corrected chi connectivity index (χ2v) is 3.56. The SMILES string of the molecule is Clc1ccc(NNc2ccccc2)cc1. The monoisotopic (exact) mass is 218 g/mol. The van der Waals surface area contributed by atoms with Crippen LogP contribution in [0, 0.1) is 0 Å². The Labute approximate surface area is 93.9 Å². The Morgan fingerprint density at radius 1 is 0.667 bits per heavy atom. The van der Waals surface area contributed by atoms with Crippen LogP contribution in [-0.2, 0) is 0 Å². The van der Waals surface area contributed by atoms with E-state index in [0.29, 0.717) is 0 Å². The van der Waals surface area contributed by atoms with Crippen LogP contribution in [0.4, 0.5) is 11.4 Å². The van der Waals surface area contributed by atoms with Crippen molar-refractivity contribution in [2.45, 2.75) is 0 Å². The third kappa shape index (κ3) is 2.89. The summed E-state index contributed by atoms with van der Waals surface area (Å²) in [6.45, 7) is 0. The van der Waals surface area contributed by atoms with Crippen molar-refractivity contribution in [3.05, 3.63) is 59.6 Å². The van der Waals surface area contributed by atoms with Crippen molar-refractivity contribution in [1.29, 1.82) is 0 Å². The first kappa shape index (κ1) is 9.87. The van der Waals surface area contributed by atoms with Crippen molar-refractivity contribution in [3.8, 4) is 0 Å². The molecule has 0 radical (unpaired) electrons. The Kier molecular flexibility index (Phi) is 3.10. The van der Waals surface area contributed by atoms with E-state index in [1.165, 1.54) is 0 Å². The van der Waals surface area contributed by atoms with Crippen LogP contribution in [0.15, 0.2) is 54.6 Å². The maximum Gasteiger partial charge on any atom is 0.0540 e. The lowest BCUT2D eigenvalue weighted by atomic mass is 10.3. The number of nitrogens with one attached hydrogen (secondary N) is 2. The smallest absolute Gasteiger partial charge is 0.0540 e. The molecule has 2 N–H and O–H groups in total. The van der Waals surface area contributed by atoms with E-state index in [-0.39, 0.29) is 0 Å². The van der Waals surface area contributed by atoms with Crippen LogP contribution in [0.5, 0.6) is 0 Å². The maximum atomic E-state index is 5.78. The topological polar surface area (TPSA) is 24.1 Å². The minimum Gasteiger partial charge on any atom is -0.301 e. The molecule has 0 heterocycles. The minimum atomic E-state index is 0.736. The second kappa shape index (κ2) is 4.71. The summed E-state index contributed by atoms with van der Waals surface area (Å²) >= 11 is 5.78. The quantitative estimate of drug-likeness (QED) is 0.767. The molecule has 2 rings (SSSR count). The van der Waals surface area contributed by atoms with Crippen molar-refractivity contribution < 1.29 is 0 Å². The minimum absolute atomic E-state index is 0.736. The molecule has 2 aromatic carbocycles. The molecule has 3 heteroatoms. The first-order valence-electron chi connectivity index (χ1n) is 4.67. The lowest BCUT2D eigenvalue weighted by Gasteiger charge is -2.09. The van der Waals surface area contributed by atoms with Gasteiger partial charge in [0.25, 0.3) is 0 Å². The highest BCUT2D eigenvalue weighted by Crippen LogP contribution is 2.14. The highest BCUT2D eigenvalue weighted by Gasteiger charge is 1.91. The van der Waals surface area contributed by atoms with Gasteiger partial charge in [0.15, 0.2) is 0 Å². The normalized spacial score (nSPS) is 9.67. The fourth-order valence-corrected chi connectivity index (χ4v) is 1.33. The summed E-state index contributed by atoms with van der Waals surface area (Å²) in [5.41, 5.74) is 8.16. The Balaban J connectivity index is 1.96. The van der Waals surface area contributed by atoms with Gasteiger partial charge in [-0.2, -0.15) is 0 Å². The molecule has 0 amide bonds. The van der Waals surface area contributed by atoms with Crippen LogP contribution in [-0.4, -0.2) is 0 Å². The molecule has 0 aromatic heterocycles. The van der Waals surface area contributed by atoms with Crippen molar-refractivity contribution in [1.82, 2.24) is 0 Å². The summed E-state index contributed by atoms with van der Waals surface area (Å²) in [4.78, 5) is 0. The van der Waals surface area contributed by atoms with Crippen molar-refractivity contribution in [3.63, 3.8) is 0 Å². The van der Waals surface area contributed by atoms with Crippen LogP contribution in [0.1, 0.15) is 0 Å². The highest BCUT2D eigenvalue weighted by atomic mass is 35.5. The Morgan fingerprint density at radius 2 is 1.20 bits per heavy atom. The first-order chi connectivity index (χ1) is 7.34. The van der Waals surface area contributed by atoms with Gasteiger partial charge < -0.3 is 10.9 Å². The van der Waals surface area contributed by atoms with Crippen molar-refractivity contribution in [2.24, 2.45) is 0 Å².